The normalized spacial score (nSPS) is 34.2. The van der Waals surface area contributed by atoms with Crippen LogP contribution in [0.15, 0.2) is 30.3 Å². The lowest BCUT2D eigenvalue weighted by molar-refractivity contribution is -0.204. The zero-order valence-electron chi connectivity index (χ0n) is 18.2. The summed E-state index contributed by atoms with van der Waals surface area (Å²) >= 11 is 0. The van der Waals surface area contributed by atoms with Crippen LogP contribution >= 0.6 is 0 Å². The third-order valence-electron chi connectivity index (χ3n) is 7.81. The molecule has 2 heterocycles. The summed E-state index contributed by atoms with van der Waals surface area (Å²) < 4.78 is 52.0. The molecule has 2 saturated heterocycles. The van der Waals surface area contributed by atoms with Gasteiger partial charge in [0.05, 0.1) is 38.1 Å². The molecule has 2 saturated carbocycles. The van der Waals surface area contributed by atoms with Crippen molar-refractivity contribution in [3.63, 3.8) is 0 Å². The Morgan fingerprint density at radius 3 is 2.48 bits per heavy atom. The summed E-state index contributed by atoms with van der Waals surface area (Å²) in [4.78, 5) is 1.65. The molecule has 4 aliphatic rings. The Kier molecular flexibility index (Phi) is 7.26. The maximum Gasteiger partial charge on any atom is 0.401 e. The molecule has 4 nitrogen and oxygen atoms in total. The predicted molar refractivity (Wildman–Crippen MR) is 114 cm³/mol. The van der Waals surface area contributed by atoms with Crippen molar-refractivity contribution in [2.24, 2.45) is 17.6 Å². The number of hydrogen-bond acceptors (Lipinski definition) is 4. The lowest BCUT2D eigenvalue weighted by atomic mass is 9.58. The summed E-state index contributed by atoms with van der Waals surface area (Å²) in [7, 11) is 0. The molecule has 174 valence electrons. The van der Waals surface area contributed by atoms with Crippen molar-refractivity contribution in [3.8, 4) is 0 Å². The first-order valence-corrected chi connectivity index (χ1v) is 11.7. The fourth-order valence-corrected chi connectivity index (χ4v) is 6.21. The number of benzene rings is 1. The molecule has 7 heteroatoms. The number of ether oxygens (including phenoxy) is 2. The van der Waals surface area contributed by atoms with E-state index in [0.29, 0.717) is 31.6 Å². The monoisotopic (exact) mass is 440 g/mol. The molecule has 1 aromatic rings. The maximum atomic E-state index is 13.4. The standard InChI is InChI=1S/C24H35F3N2O2/c25-24(26,27)15-29-12-4-7-20-13-23(29,22(20)14-30-17-28)16-31-21-10-8-19(9-11-21)18-5-2-1-3-6-18/h1-3,5-6,19-22H,4,7-17,28H2/t19?,20-,21?,22?,23?/m1/s1. The third-order valence-corrected chi connectivity index (χ3v) is 7.81. The van der Waals surface area contributed by atoms with Crippen LogP contribution in [0.2, 0.25) is 0 Å². The average Bonchev–Trinajstić information content (AvgIpc) is 3.00. The van der Waals surface area contributed by atoms with Gasteiger partial charge in [-0.3, -0.25) is 4.90 Å². The Balaban J connectivity index is 1.40. The van der Waals surface area contributed by atoms with Gasteiger partial charge >= 0.3 is 6.18 Å². The van der Waals surface area contributed by atoms with Crippen molar-refractivity contribution in [2.75, 3.05) is 33.0 Å². The van der Waals surface area contributed by atoms with Gasteiger partial charge in [-0.15, -0.1) is 0 Å². The molecule has 1 aromatic carbocycles. The highest BCUT2D eigenvalue weighted by atomic mass is 19.4. The molecule has 2 N–H and O–H groups in total. The van der Waals surface area contributed by atoms with Gasteiger partial charge in [0.2, 0.25) is 0 Å². The lowest BCUT2D eigenvalue weighted by Gasteiger charge is -2.58. The first kappa shape index (κ1) is 23.0. The van der Waals surface area contributed by atoms with Gasteiger partial charge in [-0.25, -0.2) is 0 Å². The highest BCUT2D eigenvalue weighted by Crippen LogP contribution is 2.53. The molecule has 0 radical (unpaired) electrons. The summed E-state index contributed by atoms with van der Waals surface area (Å²) in [6.45, 7) is 0.476. The molecule has 0 spiro atoms. The molecule has 2 aliphatic carbocycles. The van der Waals surface area contributed by atoms with Gasteiger partial charge in [0.15, 0.2) is 0 Å². The van der Waals surface area contributed by atoms with Crippen LogP contribution in [0.3, 0.4) is 0 Å². The van der Waals surface area contributed by atoms with E-state index < -0.39 is 18.3 Å². The van der Waals surface area contributed by atoms with Crippen molar-refractivity contribution < 1.29 is 22.6 Å². The second-order valence-corrected chi connectivity index (χ2v) is 9.59. The smallest absolute Gasteiger partial charge is 0.376 e. The van der Waals surface area contributed by atoms with E-state index in [1.54, 1.807) is 4.90 Å². The number of rotatable bonds is 8. The average molecular weight is 441 g/mol. The minimum absolute atomic E-state index is 0.0570. The Labute approximate surface area is 183 Å². The first-order chi connectivity index (χ1) is 14.9. The van der Waals surface area contributed by atoms with E-state index in [0.717, 1.165) is 44.9 Å². The maximum absolute atomic E-state index is 13.4. The van der Waals surface area contributed by atoms with E-state index in [-0.39, 0.29) is 18.8 Å². The van der Waals surface area contributed by atoms with Gasteiger partial charge < -0.3 is 15.2 Å². The second kappa shape index (κ2) is 9.77. The van der Waals surface area contributed by atoms with E-state index in [1.165, 1.54) is 5.56 Å². The van der Waals surface area contributed by atoms with Crippen LogP contribution in [0.4, 0.5) is 13.2 Å². The van der Waals surface area contributed by atoms with Gasteiger partial charge in [-0.1, -0.05) is 30.3 Å². The number of halogens is 3. The van der Waals surface area contributed by atoms with Crippen molar-refractivity contribution in [2.45, 2.75) is 68.7 Å². The SMILES string of the molecule is NCOCC1[C@@H]2CCCN(CC(F)(F)F)C1(COC1CCC(c3ccccc3)CC1)C2. The zero-order valence-corrected chi connectivity index (χ0v) is 18.2. The van der Waals surface area contributed by atoms with E-state index in [2.05, 4.69) is 24.3 Å². The van der Waals surface area contributed by atoms with Gasteiger partial charge in [0.1, 0.15) is 0 Å². The lowest BCUT2D eigenvalue weighted by Crippen LogP contribution is -2.68. The van der Waals surface area contributed by atoms with Crippen molar-refractivity contribution >= 4 is 0 Å². The van der Waals surface area contributed by atoms with Crippen LogP contribution in [-0.2, 0) is 9.47 Å². The molecule has 0 amide bonds. The van der Waals surface area contributed by atoms with Gasteiger partial charge in [-0.2, -0.15) is 13.2 Å². The van der Waals surface area contributed by atoms with Gasteiger partial charge in [-0.05, 0) is 68.9 Å². The second-order valence-electron chi connectivity index (χ2n) is 9.59. The summed E-state index contributed by atoms with van der Waals surface area (Å²) in [6, 6.07) is 10.6. The highest BCUT2D eigenvalue weighted by Gasteiger charge is 2.59. The van der Waals surface area contributed by atoms with E-state index in [1.807, 2.05) is 6.07 Å². The quantitative estimate of drug-likeness (QED) is 0.596. The van der Waals surface area contributed by atoms with E-state index in [9.17, 15) is 13.2 Å². The Hall–Kier alpha value is -1.15. The number of hydrogen-bond donors (Lipinski definition) is 1. The molecule has 5 rings (SSSR count). The van der Waals surface area contributed by atoms with Crippen molar-refractivity contribution in [1.82, 2.24) is 4.90 Å². The van der Waals surface area contributed by atoms with Crippen LogP contribution in [0.1, 0.15) is 56.4 Å². The first-order valence-electron chi connectivity index (χ1n) is 11.7. The molecule has 4 fully saturated rings. The van der Waals surface area contributed by atoms with E-state index >= 15 is 0 Å². The molecule has 2 aliphatic heterocycles. The fraction of sp³-hybridized carbons (Fsp3) is 0.750. The minimum Gasteiger partial charge on any atom is -0.376 e. The van der Waals surface area contributed by atoms with Gasteiger partial charge in [0.25, 0.3) is 0 Å². The largest absolute Gasteiger partial charge is 0.401 e. The molecule has 2 unspecified atom stereocenters. The topological polar surface area (TPSA) is 47.7 Å². The Morgan fingerprint density at radius 1 is 1.06 bits per heavy atom. The molecule has 31 heavy (non-hydrogen) atoms. The Bertz CT molecular complexity index is 694. The van der Waals surface area contributed by atoms with Crippen LogP contribution in [0, 0.1) is 11.8 Å². The molecular weight excluding hydrogens is 405 g/mol. The Morgan fingerprint density at radius 2 is 1.81 bits per heavy atom. The van der Waals surface area contributed by atoms with Crippen LogP contribution in [0.25, 0.3) is 0 Å². The van der Waals surface area contributed by atoms with Crippen LogP contribution in [-0.4, -0.2) is 55.8 Å². The zero-order chi connectivity index (χ0) is 21.9. The predicted octanol–water partition coefficient (Wildman–Crippen LogP) is 4.70. The molecular formula is C24H35F3N2O2. The summed E-state index contributed by atoms with van der Waals surface area (Å²) in [6.07, 6.45) is 2.48. The van der Waals surface area contributed by atoms with Crippen LogP contribution in [0.5, 0.6) is 0 Å². The molecule has 2 bridgehead atoms. The van der Waals surface area contributed by atoms with E-state index in [4.69, 9.17) is 15.2 Å². The number of nitrogens with two attached hydrogens (primary N) is 1. The van der Waals surface area contributed by atoms with Crippen LogP contribution < -0.4 is 5.73 Å². The number of nitrogens with zero attached hydrogens (tertiary/aromatic N) is 1. The number of fused-ring (bicyclic) bond motifs is 3. The highest BCUT2D eigenvalue weighted by molar-refractivity contribution is 5.20. The van der Waals surface area contributed by atoms with Gasteiger partial charge in [0, 0.05) is 5.92 Å². The minimum atomic E-state index is -4.21. The molecule has 3 atom stereocenters. The van der Waals surface area contributed by atoms with Crippen molar-refractivity contribution in [1.29, 1.82) is 0 Å². The third kappa shape index (κ3) is 5.27. The summed E-state index contributed by atoms with van der Waals surface area (Å²) in [5.41, 5.74) is 6.32. The van der Waals surface area contributed by atoms with Crippen molar-refractivity contribution in [3.05, 3.63) is 35.9 Å². The molecule has 0 aromatic heterocycles. The number of alkyl halides is 3. The fourth-order valence-electron chi connectivity index (χ4n) is 6.21. The summed E-state index contributed by atoms with van der Waals surface area (Å²) in [5, 5.41) is 0. The summed E-state index contributed by atoms with van der Waals surface area (Å²) in [5.74, 6) is 1.02.